The predicted octanol–water partition coefficient (Wildman–Crippen LogP) is 18.4. The lowest BCUT2D eigenvalue weighted by Gasteiger charge is -2.35. The predicted molar refractivity (Wildman–Crippen MR) is 291 cm³/mol. The first-order chi connectivity index (χ1) is 33.8. The molecule has 0 bridgehead atoms. The number of nitrogens with zero attached hydrogens (tertiary/aromatic N) is 3. The van der Waals surface area contributed by atoms with Gasteiger partial charge in [0, 0.05) is 50.6 Å². The maximum absolute atomic E-state index is 2.46. The second-order valence-corrected chi connectivity index (χ2v) is 19.3. The normalized spacial score (nSPS) is 13.4. The minimum atomic E-state index is -0.446. The maximum Gasteiger partial charge on any atom is 0.0509 e. The number of hydrogen-bond donors (Lipinski definition) is 0. The van der Waals surface area contributed by atoms with Crippen molar-refractivity contribution >= 4 is 51.2 Å². The van der Waals surface area contributed by atoms with Crippen LogP contribution in [0.4, 0.5) is 51.2 Å². The fourth-order valence-corrected chi connectivity index (χ4v) is 11.5. The molecule has 0 saturated heterocycles. The van der Waals surface area contributed by atoms with E-state index in [0.717, 1.165) is 39.8 Å². The van der Waals surface area contributed by atoms with Gasteiger partial charge in [-0.15, -0.1) is 0 Å². The fourth-order valence-electron chi connectivity index (χ4n) is 11.5. The molecule has 69 heavy (non-hydrogen) atoms. The van der Waals surface area contributed by atoms with Crippen LogP contribution in [0, 0.1) is 0 Å². The van der Waals surface area contributed by atoms with E-state index in [4.69, 9.17) is 0 Å². The van der Waals surface area contributed by atoms with Crippen LogP contribution in [0.1, 0.15) is 49.9 Å². The summed E-state index contributed by atoms with van der Waals surface area (Å²) in [7, 11) is 0. The number of benzene rings is 10. The van der Waals surface area contributed by atoms with Crippen molar-refractivity contribution < 1.29 is 0 Å². The number of hydrogen-bond acceptors (Lipinski definition) is 3. The first-order valence-electron chi connectivity index (χ1n) is 24.1. The van der Waals surface area contributed by atoms with Gasteiger partial charge in [-0.05, 0) is 153 Å². The van der Waals surface area contributed by atoms with Crippen LogP contribution in [0.15, 0.2) is 249 Å². The molecule has 0 saturated carbocycles. The van der Waals surface area contributed by atoms with Gasteiger partial charge in [0.1, 0.15) is 0 Å². The van der Waals surface area contributed by atoms with Crippen molar-refractivity contribution in [3.8, 4) is 33.4 Å². The highest BCUT2D eigenvalue weighted by Gasteiger charge is 2.45. The lowest BCUT2D eigenvalue weighted by atomic mass is 9.78. The third kappa shape index (κ3) is 6.87. The fraction of sp³-hybridized carbons (Fsp3) is 0.0909. The Morgan fingerprint density at radius 3 is 1.12 bits per heavy atom. The molecule has 0 heterocycles. The van der Waals surface area contributed by atoms with E-state index in [0.29, 0.717) is 0 Å². The molecule has 0 aliphatic heterocycles. The van der Waals surface area contributed by atoms with Crippen molar-refractivity contribution in [1.82, 2.24) is 0 Å². The molecular weight excluding hydrogens is 835 g/mol. The van der Waals surface area contributed by atoms with Crippen LogP contribution in [0.3, 0.4) is 0 Å². The van der Waals surface area contributed by atoms with Crippen LogP contribution in [0.5, 0.6) is 0 Å². The van der Waals surface area contributed by atoms with Crippen molar-refractivity contribution in [3.63, 3.8) is 0 Å². The molecule has 2 aliphatic carbocycles. The third-order valence-electron chi connectivity index (χ3n) is 14.5. The molecule has 0 N–H and O–H groups in total. The van der Waals surface area contributed by atoms with E-state index < -0.39 is 5.41 Å². The van der Waals surface area contributed by atoms with Gasteiger partial charge < -0.3 is 14.7 Å². The molecule has 332 valence electrons. The quantitative estimate of drug-likeness (QED) is 0.135. The monoisotopic (exact) mass is 887 g/mol. The summed E-state index contributed by atoms with van der Waals surface area (Å²) < 4.78 is 0. The van der Waals surface area contributed by atoms with E-state index in [-0.39, 0.29) is 5.41 Å². The van der Waals surface area contributed by atoms with E-state index in [9.17, 15) is 0 Å². The van der Waals surface area contributed by atoms with E-state index in [1.807, 2.05) is 0 Å². The highest BCUT2D eigenvalue weighted by Crippen LogP contribution is 2.62. The molecule has 10 aromatic rings. The Hall–Kier alpha value is -8.40. The molecule has 0 amide bonds. The summed E-state index contributed by atoms with van der Waals surface area (Å²) in [4.78, 5) is 7.28. The molecule has 10 aromatic carbocycles. The van der Waals surface area contributed by atoms with Crippen LogP contribution < -0.4 is 14.7 Å². The van der Waals surface area contributed by atoms with E-state index in [1.165, 1.54) is 67.0 Å². The molecular formula is C66H53N3. The van der Waals surface area contributed by atoms with Gasteiger partial charge in [-0.2, -0.15) is 0 Å². The van der Waals surface area contributed by atoms with Crippen LogP contribution in [-0.2, 0) is 10.8 Å². The zero-order valence-corrected chi connectivity index (χ0v) is 39.5. The van der Waals surface area contributed by atoms with Crippen molar-refractivity contribution in [2.45, 2.75) is 38.5 Å². The molecule has 0 aromatic heterocycles. The molecule has 0 atom stereocenters. The second-order valence-electron chi connectivity index (χ2n) is 19.3. The Morgan fingerprint density at radius 1 is 0.246 bits per heavy atom. The standard InChI is InChI=1S/C66H53N3/c1-65(2)57-39-23-37-53(61(57)55-42-41-52(45-58(55)65)67(46-25-11-5-12-26-46)47-27-13-6-14-28-47)54-43-44-60(69(50-33-19-9-20-34-50)51-35-21-10-22-36-51)64-62(54)56-38-24-40-59(63(56)66(64,3)4)68(48-29-15-7-16-30-48)49-31-17-8-18-32-49/h5-45H,1-4H3. The average Bonchev–Trinajstić information content (AvgIpc) is 3.79. The van der Waals surface area contributed by atoms with E-state index >= 15 is 0 Å². The molecule has 12 rings (SSSR count). The minimum absolute atomic E-state index is 0.257. The lowest BCUT2D eigenvalue weighted by Crippen LogP contribution is -2.23. The second kappa shape index (κ2) is 16.7. The summed E-state index contributed by atoms with van der Waals surface area (Å²) in [6.45, 7) is 9.69. The molecule has 0 unspecified atom stereocenters. The number of para-hydroxylation sites is 6. The highest BCUT2D eigenvalue weighted by molar-refractivity contribution is 6.05. The van der Waals surface area contributed by atoms with Gasteiger partial charge in [0.15, 0.2) is 0 Å². The Kier molecular flexibility index (Phi) is 10.2. The SMILES string of the molecule is CC1(C)c2cc(N(c3ccccc3)c3ccccc3)ccc2-c2c(-c3ccc(N(c4ccccc4)c4ccccc4)c4c3-c3cccc(N(c5ccccc5)c5ccccc5)c3C4(C)C)cccc21. The average molecular weight is 888 g/mol. The van der Waals surface area contributed by atoms with Gasteiger partial charge in [0.25, 0.3) is 0 Å². The summed E-state index contributed by atoms with van der Waals surface area (Å²) in [6, 6.07) is 90.8. The van der Waals surface area contributed by atoms with Crippen LogP contribution in [-0.4, -0.2) is 0 Å². The Morgan fingerprint density at radius 2 is 0.638 bits per heavy atom. The number of rotatable bonds is 10. The largest absolute Gasteiger partial charge is 0.310 e. The number of fused-ring (bicyclic) bond motifs is 6. The van der Waals surface area contributed by atoms with Gasteiger partial charge >= 0.3 is 0 Å². The highest BCUT2D eigenvalue weighted by atomic mass is 15.2. The summed E-state index contributed by atoms with van der Waals surface area (Å²) in [6.07, 6.45) is 0. The molecule has 3 nitrogen and oxygen atoms in total. The topological polar surface area (TPSA) is 9.72 Å². The van der Waals surface area contributed by atoms with Crippen molar-refractivity contribution in [1.29, 1.82) is 0 Å². The maximum atomic E-state index is 2.46. The van der Waals surface area contributed by atoms with Gasteiger partial charge in [0.05, 0.1) is 11.4 Å². The zero-order chi connectivity index (χ0) is 46.7. The van der Waals surface area contributed by atoms with Gasteiger partial charge in [-0.3, -0.25) is 0 Å². The van der Waals surface area contributed by atoms with Gasteiger partial charge in [-0.1, -0.05) is 179 Å². The van der Waals surface area contributed by atoms with Crippen LogP contribution in [0.2, 0.25) is 0 Å². The zero-order valence-electron chi connectivity index (χ0n) is 39.5. The molecule has 3 heteroatoms. The Labute approximate surface area is 406 Å². The van der Waals surface area contributed by atoms with Gasteiger partial charge in [-0.25, -0.2) is 0 Å². The van der Waals surface area contributed by atoms with Crippen LogP contribution >= 0.6 is 0 Å². The van der Waals surface area contributed by atoms with Crippen molar-refractivity contribution in [3.05, 3.63) is 271 Å². The van der Waals surface area contributed by atoms with Crippen LogP contribution in [0.25, 0.3) is 33.4 Å². The minimum Gasteiger partial charge on any atom is -0.310 e. The van der Waals surface area contributed by atoms with Crippen molar-refractivity contribution in [2.24, 2.45) is 0 Å². The molecule has 0 spiro atoms. The lowest BCUT2D eigenvalue weighted by molar-refractivity contribution is 0.660. The Bertz CT molecular complexity index is 3360. The summed E-state index contributed by atoms with van der Waals surface area (Å²) in [5, 5.41) is 0. The smallest absolute Gasteiger partial charge is 0.0509 e. The Balaban J connectivity index is 1.12. The molecule has 2 aliphatic rings. The molecule has 0 radical (unpaired) electrons. The van der Waals surface area contributed by atoms with Crippen molar-refractivity contribution in [2.75, 3.05) is 14.7 Å². The number of anilines is 9. The summed E-state index contributed by atoms with van der Waals surface area (Å²) in [5.41, 5.74) is 22.4. The third-order valence-corrected chi connectivity index (χ3v) is 14.5. The summed E-state index contributed by atoms with van der Waals surface area (Å²) >= 11 is 0. The first kappa shape index (κ1) is 42.0. The molecule has 0 fully saturated rings. The summed E-state index contributed by atoms with van der Waals surface area (Å²) in [5.74, 6) is 0. The van der Waals surface area contributed by atoms with Gasteiger partial charge in [0.2, 0.25) is 0 Å². The first-order valence-corrected chi connectivity index (χ1v) is 24.1. The van der Waals surface area contributed by atoms with E-state index in [1.54, 1.807) is 0 Å². The van der Waals surface area contributed by atoms with E-state index in [2.05, 4.69) is 291 Å².